The second-order valence-electron chi connectivity index (χ2n) is 4.44. The summed E-state index contributed by atoms with van der Waals surface area (Å²) in [6, 6.07) is 14.8. The molecule has 0 fully saturated rings. The lowest BCUT2D eigenvalue weighted by atomic mass is 10.0. The highest BCUT2D eigenvalue weighted by molar-refractivity contribution is 7.99. The highest BCUT2D eigenvalue weighted by atomic mass is 35.5. The van der Waals surface area contributed by atoms with Crippen molar-refractivity contribution < 1.29 is 4.79 Å². The summed E-state index contributed by atoms with van der Waals surface area (Å²) in [5.74, 6) is 5.18. The molecule has 1 atom stereocenters. The number of nitrogens with one attached hydrogen (secondary N) is 1. The number of halogens is 1. The molecule has 1 unspecified atom stereocenters. The van der Waals surface area contributed by atoms with Crippen LogP contribution in [0.15, 0.2) is 53.4 Å². The molecule has 2 aromatic carbocycles. The van der Waals surface area contributed by atoms with Gasteiger partial charge in [-0.25, -0.2) is 5.84 Å². The molecular formula is C15H16ClN3OS. The molecule has 21 heavy (non-hydrogen) atoms. The number of carbonyl (C=O) groups excluding carboxylic acids is 1. The van der Waals surface area contributed by atoms with Crippen LogP contribution in [0.1, 0.15) is 11.5 Å². The molecule has 2 rings (SSSR count). The van der Waals surface area contributed by atoms with Crippen molar-refractivity contribution in [2.75, 3.05) is 11.5 Å². The van der Waals surface area contributed by atoms with E-state index in [1.165, 1.54) is 11.8 Å². The Morgan fingerprint density at radius 3 is 2.52 bits per heavy atom. The first-order valence-corrected chi connectivity index (χ1v) is 7.72. The van der Waals surface area contributed by atoms with E-state index < -0.39 is 0 Å². The normalized spacial score (nSPS) is 11.9. The average molecular weight is 322 g/mol. The van der Waals surface area contributed by atoms with Crippen LogP contribution in [0.5, 0.6) is 0 Å². The summed E-state index contributed by atoms with van der Waals surface area (Å²) in [7, 11) is 0. The third-order valence-electron chi connectivity index (χ3n) is 3.05. The van der Waals surface area contributed by atoms with Crippen LogP contribution < -0.4 is 17.0 Å². The van der Waals surface area contributed by atoms with E-state index in [0.717, 1.165) is 10.5 Å². The highest BCUT2D eigenvalue weighted by Crippen LogP contribution is 2.35. The number of amides is 1. The van der Waals surface area contributed by atoms with Gasteiger partial charge in [-0.15, -0.1) is 11.8 Å². The van der Waals surface area contributed by atoms with Crippen LogP contribution in [0.25, 0.3) is 0 Å². The van der Waals surface area contributed by atoms with Crippen molar-refractivity contribution >= 4 is 35.0 Å². The van der Waals surface area contributed by atoms with E-state index in [1.54, 1.807) is 18.2 Å². The molecule has 110 valence electrons. The van der Waals surface area contributed by atoms with E-state index >= 15 is 0 Å². The number of hydrogen-bond donors (Lipinski definition) is 3. The zero-order chi connectivity index (χ0) is 15.2. The van der Waals surface area contributed by atoms with Crippen molar-refractivity contribution in [3.63, 3.8) is 0 Å². The predicted octanol–water partition coefficient (Wildman–Crippen LogP) is 2.79. The molecule has 0 radical (unpaired) electrons. The van der Waals surface area contributed by atoms with E-state index in [4.69, 9.17) is 23.2 Å². The van der Waals surface area contributed by atoms with Crippen molar-refractivity contribution in [2.24, 2.45) is 5.84 Å². The fourth-order valence-corrected chi connectivity index (χ4v) is 3.42. The number of thioether (sulfide) groups is 1. The summed E-state index contributed by atoms with van der Waals surface area (Å²) < 4.78 is 0. The Morgan fingerprint density at radius 2 is 1.90 bits per heavy atom. The van der Waals surface area contributed by atoms with Crippen LogP contribution in [-0.4, -0.2) is 11.7 Å². The van der Waals surface area contributed by atoms with Crippen LogP contribution in [-0.2, 0) is 4.79 Å². The van der Waals surface area contributed by atoms with Crippen molar-refractivity contribution in [3.8, 4) is 0 Å². The van der Waals surface area contributed by atoms with Gasteiger partial charge in [-0.05, 0) is 17.7 Å². The van der Waals surface area contributed by atoms with Crippen LogP contribution in [0.4, 0.5) is 5.69 Å². The summed E-state index contributed by atoms with van der Waals surface area (Å²) in [5, 5.41) is 0.583. The highest BCUT2D eigenvalue weighted by Gasteiger charge is 2.21. The standard InChI is InChI=1S/C15H16ClN3OS/c16-12-7-4-8-13(17)14(12)21-9-11(15(20)19-18)10-5-2-1-3-6-10/h1-8,11H,9,17-18H2,(H,19,20). The number of nitrogen functional groups attached to an aromatic ring is 1. The molecule has 4 nitrogen and oxygen atoms in total. The maximum absolute atomic E-state index is 12.0. The van der Waals surface area contributed by atoms with Crippen LogP contribution in [0.3, 0.4) is 0 Å². The number of rotatable bonds is 5. The molecule has 0 aliphatic rings. The lowest BCUT2D eigenvalue weighted by Gasteiger charge is -2.16. The van der Waals surface area contributed by atoms with Crippen molar-refractivity contribution in [2.45, 2.75) is 10.8 Å². The Balaban J connectivity index is 2.19. The fourth-order valence-electron chi connectivity index (χ4n) is 1.95. The summed E-state index contributed by atoms with van der Waals surface area (Å²) in [6.45, 7) is 0. The smallest absolute Gasteiger partial charge is 0.242 e. The molecule has 0 heterocycles. The van der Waals surface area contributed by atoms with Gasteiger partial charge < -0.3 is 5.73 Å². The van der Waals surface area contributed by atoms with Crippen LogP contribution in [0, 0.1) is 0 Å². The SMILES string of the molecule is NNC(=O)C(CSc1c(N)cccc1Cl)c1ccccc1. The van der Waals surface area contributed by atoms with Gasteiger partial charge in [0.1, 0.15) is 0 Å². The minimum Gasteiger partial charge on any atom is -0.398 e. The number of carbonyl (C=O) groups is 1. The molecule has 0 spiro atoms. The average Bonchev–Trinajstić information content (AvgIpc) is 2.50. The topological polar surface area (TPSA) is 81.1 Å². The van der Waals surface area contributed by atoms with E-state index in [2.05, 4.69) is 5.43 Å². The van der Waals surface area contributed by atoms with Gasteiger partial charge in [0, 0.05) is 16.3 Å². The first kappa shape index (κ1) is 15.7. The van der Waals surface area contributed by atoms with Gasteiger partial charge in [0.2, 0.25) is 5.91 Å². The molecule has 0 bridgehead atoms. The van der Waals surface area contributed by atoms with Gasteiger partial charge in [-0.1, -0.05) is 48.0 Å². The van der Waals surface area contributed by atoms with E-state index in [0.29, 0.717) is 16.5 Å². The van der Waals surface area contributed by atoms with Crippen molar-refractivity contribution in [3.05, 3.63) is 59.1 Å². The van der Waals surface area contributed by atoms with Gasteiger partial charge in [-0.2, -0.15) is 0 Å². The predicted molar refractivity (Wildman–Crippen MR) is 88.1 cm³/mol. The second-order valence-corrected chi connectivity index (χ2v) is 5.88. The molecule has 5 N–H and O–H groups in total. The first-order valence-electron chi connectivity index (χ1n) is 6.35. The lowest BCUT2D eigenvalue weighted by Crippen LogP contribution is -2.35. The molecule has 0 aromatic heterocycles. The van der Waals surface area contributed by atoms with Gasteiger partial charge >= 0.3 is 0 Å². The largest absolute Gasteiger partial charge is 0.398 e. The van der Waals surface area contributed by atoms with Gasteiger partial charge in [0.15, 0.2) is 0 Å². The van der Waals surface area contributed by atoms with Crippen LogP contribution >= 0.6 is 23.4 Å². The number of nitrogens with two attached hydrogens (primary N) is 2. The summed E-state index contributed by atoms with van der Waals surface area (Å²) >= 11 is 7.59. The molecule has 6 heteroatoms. The van der Waals surface area contributed by atoms with E-state index in [-0.39, 0.29) is 11.8 Å². The van der Waals surface area contributed by atoms with E-state index in [1.807, 2.05) is 30.3 Å². The van der Waals surface area contributed by atoms with Gasteiger partial charge in [-0.3, -0.25) is 10.2 Å². The van der Waals surface area contributed by atoms with Crippen LogP contribution in [0.2, 0.25) is 5.02 Å². The summed E-state index contributed by atoms with van der Waals surface area (Å²) in [5.41, 5.74) is 9.64. The molecule has 1 amide bonds. The van der Waals surface area contributed by atoms with E-state index in [9.17, 15) is 4.79 Å². The number of hydrogen-bond acceptors (Lipinski definition) is 4. The third-order valence-corrected chi connectivity index (χ3v) is 4.72. The summed E-state index contributed by atoms with van der Waals surface area (Å²) in [6.07, 6.45) is 0. The Bertz CT molecular complexity index is 601. The monoisotopic (exact) mass is 321 g/mol. The lowest BCUT2D eigenvalue weighted by molar-refractivity contribution is -0.122. The minimum atomic E-state index is -0.364. The fraction of sp³-hybridized carbons (Fsp3) is 0.133. The van der Waals surface area contributed by atoms with Crippen molar-refractivity contribution in [1.82, 2.24) is 5.43 Å². The van der Waals surface area contributed by atoms with Gasteiger partial charge in [0.25, 0.3) is 0 Å². The molecular weight excluding hydrogens is 306 g/mol. The number of hydrazine groups is 1. The van der Waals surface area contributed by atoms with Gasteiger partial charge in [0.05, 0.1) is 10.9 Å². The Kier molecular flexibility index (Phi) is 5.50. The Labute approximate surface area is 132 Å². The molecule has 2 aromatic rings. The number of anilines is 1. The third kappa shape index (κ3) is 3.91. The molecule has 0 saturated carbocycles. The minimum absolute atomic E-state index is 0.237. The summed E-state index contributed by atoms with van der Waals surface area (Å²) in [4.78, 5) is 12.8. The zero-order valence-corrected chi connectivity index (χ0v) is 12.8. The maximum atomic E-state index is 12.0. The molecule has 0 saturated heterocycles. The Hall–Kier alpha value is -1.69. The zero-order valence-electron chi connectivity index (χ0n) is 11.3. The van der Waals surface area contributed by atoms with Crippen molar-refractivity contribution in [1.29, 1.82) is 0 Å². The maximum Gasteiger partial charge on any atom is 0.242 e. The first-order chi connectivity index (χ1) is 10.1. The molecule has 0 aliphatic heterocycles. The number of benzene rings is 2. The Morgan fingerprint density at radius 1 is 1.19 bits per heavy atom. The molecule has 0 aliphatic carbocycles. The quantitative estimate of drug-likeness (QED) is 0.260. The second kappa shape index (κ2) is 7.36.